The normalized spacial score (nSPS) is 28.8. The number of aliphatic hydroxyl groups excluding tert-OH is 1. The minimum absolute atomic E-state index is 0.0452. The molecular formula is C7H12O4S. The Morgan fingerprint density at radius 3 is 2.67 bits per heavy atom. The van der Waals surface area contributed by atoms with Gasteiger partial charge in [-0.05, 0) is 12.8 Å². The zero-order valence-corrected chi connectivity index (χ0v) is 7.51. The van der Waals surface area contributed by atoms with Crippen LogP contribution in [0.1, 0.15) is 12.8 Å². The molecular weight excluding hydrogens is 180 g/mol. The molecule has 1 saturated heterocycles. The van der Waals surface area contributed by atoms with E-state index in [-0.39, 0.29) is 29.8 Å². The third-order valence-electron chi connectivity index (χ3n) is 2.07. The summed E-state index contributed by atoms with van der Waals surface area (Å²) < 4.78 is 21.9. The van der Waals surface area contributed by atoms with E-state index in [1.165, 1.54) is 0 Å². The van der Waals surface area contributed by atoms with Gasteiger partial charge in [-0.15, -0.1) is 0 Å². The number of aliphatic hydroxyl groups is 1. The molecule has 70 valence electrons. The Balaban J connectivity index is 2.60. The van der Waals surface area contributed by atoms with Crippen LogP contribution in [0, 0.1) is 5.92 Å². The molecule has 0 spiro atoms. The number of rotatable bonds is 2. The molecule has 1 heterocycles. The molecule has 0 aromatic heterocycles. The molecule has 12 heavy (non-hydrogen) atoms. The van der Waals surface area contributed by atoms with Crippen molar-refractivity contribution in [2.45, 2.75) is 12.8 Å². The highest BCUT2D eigenvalue weighted by Gasteiger charge is 2.30. The molecule has 0 amide bonds. The fourth-order valence-corrected chi connectivity index (χ4v) is 2.81. The molecule has 1 rings (SSSR count). The smallest absolute Gasteiger partial charge is 0.157 e. The van der Waals surface area contributed by atoms with Gasteiger partial charge in [-0.2, -0.15) is 0 Å². The fraction of sp³-hybridized carbons (Fsp3) is 0.857. The van der Waals surface area contributed by atoms with Gasteiger partial charge in [0.1, 0.15) is 5.75 Å². The van der Waals surface area contributed by atoms with Crippen LogP contribution in [0.5, 0.6) is 0 Å². The Morgan fingerprint density at radius 2 is 2.17 bits per heavy atom. The molecule has 0 aromatic rings. The van der Waals surface area contributed by atoms with E-state index in [1.807, 2.05) is 0 Å². The molecule has 1 N–H and O–H groups in total. The predicted molar refractivity (Wildman–Crippen MR) is 43.5 cm³/mol. The summed E-state index contributed by atoms with van der Waals surface area (Å²) in [6.45, 7) is -0.0452. The fourth-order valence-electron chi connectivity index (χ4n) is 1.35. The number of carbonyl (C=O) groups is 1. The van der Waals surface area contributed by atoms with Gasteiger partial charge in [0.05, 0.1) is 5.75 Å². The lowest BCUT2D eigenvalue weighted by Crippen LogP contribution is -2.33. The summed E-state index contributed by atoms with van der Waals surface area (Å²) in [5, 5.41) is 8.56. The maximum atomic E-state index is 11.1. The van der Waals surface area contributed by atoms with Crippen molar-refractivity contribution in [3.05, 3.63) is 0 Å². The number of carbonyl (C=O) groups excluding carboxylic acids is 1. The van der Waals surface area contributed by atoms with Crippen molar-refractivity contribution in [3.63, 3.8) is 0 Å². The van der Waals surface area contributed by atoms with Crippen LogP contribution in [0.4, 0.5) is 0 Å². The second-order valence-corrected chi connectivity index (χ2v) is 5.24. The average molecular weight is 192 g/mol. The molecule has 1 aliphatic rings. The molecule has 0 saturated carbocycles. The van der Waals surface area contributed by atoms with Gasteiger partial charge in [0.2, 0.25) is 0 Å². The van der Waals surface area contributed by atoms with E-state index in [1.54, 1.807) is 0 Å². The quantitative estimate of drug-likeness (QED) is 0.632. The van der Waals surface area contributed by atoms with Gasteiger partial charge in [0.15, 0.2) is 15.6 Å². The largest absolute Gasteiger partial charge is 0.396 e. The van der Waals surface area contributed by atoms with Gasteiger partial charge in [-0.25, -0.2) is 8.42 Å². The van der Waals surface area contributed by atoms with Gasteiger partial charge in [0.25, 0.3) is 0 Å². The van der Waals surface area contributed by atoms with Crippen LogP contribution in [0.2, 0.25) is 0 Å². The van der Waals surface area contributed by atoms with Gasteiger partial charge < -0.3 is 5.11 Å². The van der Waals surface area contributed by atoms with E-state index in [9.17, 15) is 13.2 Å². The first kappa shape index (κ1) is 9.67. The highest BCUT2D eigenvalue weighted by Crippen LogP contribution is 2.18. The SMILES string of the molecule is O=C1CS(=O)(=O)CCC1CCO. The molecule has 1 aliphatic heterocycles. The molecule has 0 bridgehead atoms. The van der Waals surface area contributed by atoms with Gasteiger partial charge in [0, 0.05) is 12.5 Å². The van der Waals surface area contributed by atoms with E-state index in [4.69, 9.17) is 5.11 Å². The van der Waals surface area contributed by atoms with Crippen molar-refractivity contribution < 1.29 is 18.3 Å². The van der Waals surface area contributed by atoms with Crippen molar-refractivity contribution in [2.24, 2.45) is 5.92 Å². The lowest BCUT2D eigenvalue weighted by molar-refractivity contribution is -0.121. The summed E-state index contributed by atoms with van der Waals surface area (Å²) in [4.78, 5) is 11.1. The minimum Gasteiger partial charge on any atom is -0.396 e. The van der Waals surface area contributed by atoms with Crippen molar-refractivity contribution >= 4 is 15.6 Å². The third kappa shape index (κ3) is 2.28. The second-order valence-electron chi connectivity index (χ2n) is 3.06. The van der Waals surface area contributed by atoms with Gasteiger partial charge in [-0.1, -0.05) is 0 Å². The summed E-state index contributed by atoms with van der Waals surface area (Å²) in [7, 11) is -3.11. The number of sulfone groups is 1. The third-order valence-corrected chi connectivity index (χ3v) is 3.65. The van der Waals surface area contributed by atoms with Crippen LogP contribution >= 0.6 is 0 Å². The Labute approximate surface area is 71.5 Å². The summed E-state index contributed by atoms with van der Waals surface area (Å²) >= 11 is 0. The maximum absolute atomic E-state index is 11.1. The lowest BCUT2D eigenvalue weighted by Gasteiger charge is -2.19. The van der Waals surface area contributed by atoms with E-state index in [0.29, 0.717) is 12.8 Å². The van der Waals surface area contributed by atoms with Crippen LogP contribution in [0.3, 0.4) is 0 Å². The molecule has 0 radical (unpaired) electrons. The topological polar surface area (TPSA) is 71.4 Å². The van der Waals surface area contributed by atoms with Crippen LogP contribution in [0.25, 0.3) is 0 Å². The molecule has 1 unspecified atom stereocenters. The average Bonchev–Trinajstić information content (AvgIpc) is 1.94. The standard InChI is InChI=1S/C7H12O4S/c8-3-1-6-2-4-12(10,11)5-7(6)9/h6,8H,1-5H2. The first-order chi connectivity index (χ1) is 5.55. The second kappa shape index (κ2) is 3.53. The Morgan fingerprint density at radius 1 is 1.50 bits per heavy atom. The highest BCUT2D eigenvalue weighted by molar-refractivity contribution is 7.92. The summed E-state index contributed by atoms with van der Waals surface area (Å²) in [6.07, 6.45) is 0.774. The van der Waals surface area contributed by atoms with Crippen LogP contribution in [-0.2, 0) is 14.6 Å². The summed E-state index contributed by atoms with van der Waals surface area (Å²) in [6, 6.07) is 0. The lowest BCUT2D eigenvalue weighted by atomic mass is 9.98. The molecule has 5 heteroatoms. The Kier molecular flexibility index (Phi) is 2.85. The van der Waals surface area contributed by atoms with Crippen LogP contribution < -0.4 is 0 Å². The Bertz CT molecular complexity index is 267. The minimum atomic E-state index is -3.11. The monoisotopic (exact) mass is 192 g/mol. The van der Waals surface area contributed by atoms with Crippen molar-refractivity contribution in [1.82, 2.24) is 0 Å². The maximum Gasteiger partial charge on any atom is 0.157 e. The predicted octanol–water partition coefficient (Wildman–Crippen LogP) is -0.627. The molecule has 0 aliphatic carbocycles. The number of ketones is 1. The molecule has 1 fully saturated rings. The van der Waals surface area contributed by atoms with Gasteiger partial charge >= 0.3 is 0 Å². The molecule has 0 aromatic carbocycles. The Hall–Kier alpha value is -0.420. The van der Waals surface area contributed by atoms with E-state index < -0.39 is 9.84 Å². The number of hydrogen-bond acceptors (Lipinski definition) is 4. The van der Waals surface area contributed by atoms with E-state index in [2.05, 4.69) is 0 Å². The van der Waals surface area contributed by atoms with Crippen LogP contribution in [-0.4, -0.2) is 37.4 Å². The number of Topliss-reactive ketones (excluding diaryl/α,β-unsaturated/α-hetero) is 1. The van der Waals surface area contributed by atoms with E-state index in [0.717, 1.165) is 0 Å². The first-order valence-electron chi connectivity index (χ1n) is 3.89. The molecule has 1 atom stereocenters. The van der Waals surface area contributed by atoms with E-state index >= 15 is 0 Å². The van der Waals surface area contributed by atoms with Crippen molar-refractivity contribution in [3.8, 4) is 0 Å². The van der Waals surface area contributed by atoms with Gasteiger partial charge in [-0.3, -0.25) is 4.79 Å². The summed E-state index contributed by atoms with van der Waals surface area (Å²) in [5.74, 6) is -0.727. The first-order valence-corrected chi connectivity index (χ1v) is 5.71. The summed E-state index contributed by atoms with van der Waals surface area (Å²) in [5.41, 5.74) is 0. The zero-order valence-electron chi connectivity index (χ0n) is 6.69. The zero-order chi connectivity index (χ0) is 9.19. The van der Waals surface area contributed by atoms with Crippen molar-refractivity contribution in [1.29, 1.82) is 0 Å². The molecule has 4 nitrogen and oxygen atoms in total. The highest BCUT2D eigenvalue weighted by atomic mass is 32.2. The van der Waals surface area contributed by atoms with Crippen LogP contribution in [0.15, 0.2) is 0 Å². The number of hydrogen-bond donors (Lipinski definition) is 1. The van der Waals surface area contributed by atoms with Crippen molar-refractivity contribution in [2.75, 3.05) is 18.1 Å².